The number of aromatic nitrogens is 4. The lowest BCUT2D eigenvalue weighted by Gasteiger charge is -2.03. The zero-order valence-electron chi connectivity index (χ0n) is 16.2. The molecular formula is C22H20FN5O2. The fourth-order valence-electron chi connectivity index (χ4n) is 2.98. The highest BCUT2D eigenvalue weighted by Gasteiger charge is 2.12. The first-order valence-corrected chi connectivity index (χ1v) is 9.59. The number of nitrogens with one attached hydrogen (secondary N) is 1. The number of nitrogens with zero attached hydrogens (tertiary/aromatic N) is 4. The highest BCUT2D eigenvalue weighted by atomic mass is 19.1. The number of carbonyl (C=O) groups is 1. The van der Waals surface area contributed by atoms with Gasteiger partial charge in [0.2, 0.25) is 5.91 Å². The molecule has 4 rings (SSSR count). The van der Waals surface area contributed by atoms with Gasteiger partial charge in [-0.1, -0.05) is 12.1 Å². The van der Waals surface area contributed by atoms with E-state index in [9.17, 15) is 9.18 Å². The van der Waals surface area contributed by atoms with Crippen molar-refractivity contribution >= 4 is 11.7 Å². The number of hydrogen-bond acceptors (Lipinski definition) is 5. The average molecular weight is 405 g/mol. The number of benzene rings is 1. The monoisotopic (exact) mass is 405 g/mol. The summed E-state index contributed by atoms with van der Waals surface area (Å²) in [5.74, 6) is 0.648. The minimum absolute atomic E-state index is 0.182. The lowest BCUT2D eigenvalue weighted by molar-refractivity contribution is -0.116. The van der Waals surface area contributed by atoms with E-state index < -0.39 is 0 Å². The van der Waals surface area contributed by atoms with Crippen molar-refractivity contribution in [2.45, 2.75) is 25.8 Å². The van der Waals surface area contributed by atoms with E-state index >= 15 is 0 Å². The Kier molecular flexibility index (Phi) is 5.93. The molecule has 3 heterocycles. The summed E-state index contributed by atoms with van der Waals surface area (Å²) < 4.78 is 21.2. The number of amides is 1. The molecule has 30 heavy (non-hydrogen) atoms. The van der Waals surface area contributed by atoms with Crippen molar-refractivity contribution in [3.05, 3.63) is 84.5 Å². The smallest absolute Gasteiger partial charge is 0.226 e. The molecule has 0 radical (unpaired) electrons. The molecule has 0 aliphatic carbocycles. The second-order valence-corrected chi connectivity index (χ2v) is 6.72. The third-order valence-electron chi connectivity index (χ3n) is 4.55. The molecule has 0 spiro atoms. The number of hydrogen-bond donors (Lipinski definition) is 1. The van der Waals surface area contributed by atoms with Crippen LogP contribution in [0.4, 0.5) is 10.2 Å². The first-order chi connectivity index (χ1) is 14.7. The molecule has 0 atom stereocenters. The Bertz CT molecular complexity index is 1120. The molecule has 0 aliphatic rings. The quantitative estimate of drug-likeness (QED) is 0.481. The van der Waals surface area contributed by atoms with E-state index in [1.807, 2.05) is 18.3 Å². The van der Waals surface area contributed by atoms with Crippen molar-refractivity contribution in [2.24, 2.45) is 0 Å². The van der Waals surface area contributed by atoms with Crippen LogP contribution in [-0.2, 0) is 24.2 Å². The van der Waals surface area contributed by atoms with Gasteiger partial charge in [-0.15, -0.1) is 0 Å². The van der Waals surface area contributed by atoms with Crippen molar-refractivity contribution < 1.29 is 13.6 Å². The van der Waals surface area contributed by atoms with E-state index in [0.717, 1.165) is 6.42 Å². The van der Waals surface area contributed by atoms with Gasteiger partial charge in [0.1, 0.15) is 5.82 Å². The Labute approximate surface area is 172 Å². The van der Waals surface area contributed by atoms with Crippen LogP contribution in [0.15, 0.2) is 71.7 Å². The molecule has 0 bridgehead atoms. The summed E-state index contributed by atoms with van der Waals surface area (Å²) in [5.41, 5.74) is 1.52. The Hall–Kier alpha value is -3.81. The molecule has 0 fully saturated rings. The van der Waals surface area contributed by atoms with E-state index in [0.29, 0.717) is 36.0 Å². The van der Waals surface area contributed by atoms with Crippen LogP contribution in [0.1, 0.15) is 17.9 Å². The maximum absolute atomic E-state index is 13.8. The Balaban J connectivity index is 1.26. The van der Waals surface area contributed by atoms with Crippen LogP contribution in [0.3, 0.4) is 0 Å². The topological polar surface area (TPSA) is 85.8 Å². The first-order valence-electron chi connectivity index (χ1n) is 9.59. The van der Waals surface area contributed by atoms with Crippen molar-refractivity contribution in [2.75, 3.05) is 5.32 Å². The number of pyridine rings is 1. The molecule has 7 nitrogen and oxygen atoms in total. The SMILES string of the molecule is O=C(CCc1ncc(-c2ccccc2F)o1)Nc1ccn(CCc2ccncc2)n1. The molecule has 0 saturated heterocycles. The largest absolute Gasteiger partial charge is 0.441 e. The van der Waals surface area contributed by atoms with Gasteiger partial charge in [-0.05, 0) is 36.2 Å². The second-order valence-electron chi connectivity index (χ2n) is 6.72. The average Bonchev–Trinajstić information content (AvgIpc) is 3.41. The van der Waals surface area contributed by atoms with Gasteiger partial charge < -0.3 is 9.73 Å². The molecule has 0 saturated carbocycles. The van der Waals surface area contributed by atoms with Crippen LogP contribution in [-0.4, -0.2) is 25.7 Å². The molecule has 1 amide bonds. The lowest BCUT2D eigenvalue weighted by atomic mass is 10.2. The summed E-state index contributed by atoms with van der Waals surface area (Å²) in [7, 11) is 0. The number of rotatable bonds is 8. The minimum atomic E-state index is -0.377. The standard InChI is InChI=1S/C22H20FN5O2/c23-18-4-2-1-3-17(18)19-15-25-22(30-19)6-5-21(29)26-20-10-14-28(27-20)13-9-16-7-11-24-12-8-16/h1-4,7-8,10-12,14-15H,5-6,9,13H2,(H,26,27,29). The number of carbonyl (C=O) groups excluding carboxylic acids is 1. The van der Waals surface area contributed by atoms with Gasteiger partial charge >= 0.3 is 0 Å². The van der Waals surface area contributed by atoms with Crippen LogP contribution < -0.4 is 5.32 Å². The van der Waals surface area contributed by atoms with Crippen molar-refractivity contribution in [3.63, 3.8) is 0 Å². The molecule has 0 unspecified atom stereocenters. The van der Waals surface area contributed by atoms with Gasteiger partial charge in [0.25, 0.3) is 0 Å². The zero-order valence-corrected chi connectivity index (χ0v) is 16.2. The van der Waals surface area contributed by atoms with Gasteiger partial charge in [0, 0.05) is 44.0 Å². The summed E-state index contributed by atoms with van der Waals surface area (Å²) in [6.45, 7) is 0.703. The predicted octanol–water partition coefficient (Wildman–Crippen LogP) is 3.89. The fourth-order valence-corrected chi connectivity index (χ4v) is 2.98. The summed E-state index contributed by atoms with van der Waals surface area (Å²) >= 11 is 0. The fraction of sp³-hybridized carbons (Fsp3) is 0.182. The normalized spacial score (nSPS) is 10.8. The van der Waals surface area contributed by atoms with Crippen LogP contribution in [0.2, 0.25) is 0 Å². The number of halogens is 1. The minimum Gasteiger partial charge on any atom is -0.441 e. The Morgan fingerprint density at radius 1 is 1.10 bits per heavy atom. The van der Waals surface area contributed by atoms with Crippen molar-refractivity contribution in [1.82, 2.24) is 19.7 Å². The summed E-state index contributed by atoms with van der Waals surface area (Å²) in [4.78, 5) is 20.3. The summed E-state index contributed by atoms with van der Waals surface area (Å²) in [6, 6.07) is 12.0. The van der Waals surface area contributed by atoms with Gasteiger partial charge in [-0.2, -0.15) is 5.10 Å². The predicted molar refractivity (Wildman–Crippen MR) is 109 cm³/mol. The maximum Gasteiger partial charge on any atom is 0.226 e. The van der Waals surface area contributed by atoms with Crippen LogP contribution in [0.25, 0.3) is 11.3 Å². The molecular weight excluding hydrogens is 385 g/mol. The van der Waals surface area contributed by atoms with Crippen molar-refractivity contribution in [3.8, 4) is 11.3 Å². The molecule has 0 aliphatic heterocycles. The van der Waals surface area contributed by atoms with Gasteiger partial charge in [0.05, 0.1) is 11.8 Å². The highest BCUT2D eigenvalue weighted by Crippen LogP contribution is 2.23. The molecule has 3 aromatic heterocycles. The Morgan fingerprint density at radius 2 is 1.93 bits per heavy atom. The maximum atomic E-state index is 13.8. The van der Waals surface area contributed by atoms with E-state index in [-0.39, 0.29) is 18.1 Å². The molecule has 8 heteroatoms. The highest BCUT2D eigenvalue weighted by molar-refractivity contribution is 5.89. The van der Waals surface area contributed by atoms with Gasteiger partial charge in [0.15, 0.2) is 17.5 Å². The van der Waals surface area contributed by atoms with E-state index in [4.69, 9.17) is 4.42 Å². The van der Waals surface area contributed by atoms with E-state index in [1.165, 1.54) is 17.8 Å². The number of oxazole rings is 1. The summed E-state index contributed by atoms with van der Waals surface area (Å²) in [5, 5.41) is 7.13. The number of aryl methyl sites for hydroxylation is 3. The van der Waals surface area contributed by atoms with Crippen LogP contribution in [0, 0.1) is 5.82 Å². The molecule has 4 aromatic rings. The Morgan fingerprint density at radius 3 is 2.77 bits per heavy atom. The second kappa shape index (κ2) is 9.13. The van der Waals surface area contributed by atoms with Gasteiger partial charge in [-0.3, -0.25) is 14.5 Å². The van der Waals surface area contributed by atoms with Crippen LogP contribution in [0.5, 0.6) is 0 Å². The summed E-state index contributed by atoms with van der Waals surface area (Å²) in [6.07, 6.45) is 8.13. The third kappa shape index (κ3) is 4.96. The molecule has 1 aromatic carbocycles. The van der Waals surface area contributed by atoms with Crippen molar-refractivity contribution in [1.29, 1.82) is 0 Å². The van der Waals surface area contributed by atoms with E-state index in [1.54, 1.807) is 41.3 Å². The third-order valence-corrected chi connectivity index (χ3v) is 4.55. The number of anilines is 1. The lowest BCUT2D eigenvalue weighted by Crippen LogP contribution is -2.13. The molecule has 152 valence electrons. The van der Waals surface area contributed by atoms with E-state index in [2.05, 4.69) is 20.4 Å². The molecule has 1 N–H and O–H groups in total. The van der Waals surface area contributed by atoms with Gasteiger partial charge in [-0.25, -0.2) is 9.37 Å². The zero-order chi connectivity index (χ0) is 20.8. The first kappa shape index (κ1) is 19.5. The van der Waals surface area contributed by atoms with Crippen LogP contribution >= 0.6 is 0 Å².